The van der Waals surface area contributed by atoms with Crippen LogP contribution in [0.1, 0.15) is 38.4 Å². The summed E-state index contributed by atoms with van der Waals surface area (Å²) in [6, 6.07) is 7.40. The number of urea groups is 1. The van der Waals surface area contributed by atoms with E-state index in [0.717, 1.165) is 49.7 Å². The summed E-state index contributed by atoms with van der Waals surface area (Å²) in [5.74, 6) is 2.90. The molecule has 3 rings (SSSR count). The molecule has 6 heteroatoms. The number of imidazole rings is 1. The summed E-state index contributed by atoms with van der Waals surface area (Å²) in [7, 11) is 1.62. The van der Waals surface area contributed by atoms with Crippen LogP contribution in [0.3, 0.4) is 0 Å². The van der Waals surface area contributed by atoms with E-state index < -0.39 is 0 Å². The molecule has 0 atom stereocenters. The molecular weight excluding hydrogens is 328 g/mol. The van der Waals surface area contributed by atoms with Crippen molar-refractivity contribution in [2.75, 3.05) is 25.5 Å². The lowest BCUT2D eigenvalue weighted by atomic mass is 9.96. The zero-order valence-corrected chi connectivity index (χ0v) is 15.8. The van der Waals surface area contributed by atoms with Crippen molar-refractivity contribution in [3.05, 3.63) is 42.5 Å². The van der Waals surface area contributed by atoms with E-state index in [1.54, 1.807) is 7.11 Å². The van der Waals surface area contributed by atoms with E-state index in [9.17, 15) is 4.79 Å². The number of aromatic nitrogens is 2. The van der Waals surface area contributed by atoms with Gasteiger partial charge >= 0.3 is 6.03 Å². The first-order valence-corrected chi connectivity index (χ1v) is 9.28. The van der Waals surface area contributed by atoms with Gasteiger partial charge in [-0.15, -0.1) is 0 Å². The molecule has 1 N–H and O–H groups in total. The predicted molar refractivity (Wildman–Crippen MR) is 103 cm³/mol. The monoisotopic (exact) mass is 356 g/mol. The lowest BCUT2D eigenvalue weighted by molar-refractivity contribution is 0.176. The van der Waals surface area contributed by atoms with Gasteiger partial charge in [-0.2, -0.15) is 0 Å². The molecule has 1 fully saturated rings. The van der Waals surface area contributed by atoms with Gasteiger partial charge in [-0.05, 0) is 30.9 Å². The Morgan fingerprint density at radius 3 is 2.81 bits per heavy atom. The molecule has 0 radical (unpaired) electrons. The summed E-state index contributed by atoms with van der Waals surface area (Å²) < 4.78 is 7.47. The Morgan fingerprint density at radius 2 is 2.12 bits per heavy atom. The Morgan fingerprint density at radius 1 is 1.35 bits per heavy atom. The van der Waals surface area contributed by atoms with Crippen LogP contribution in [0, 0.1) is 5.92 Å². The van der Waals surface area contributed by atoms with E-state index in [0.29, 0.717) is 11.8 Å². The van der Waals surface area contributed by atoms with Gasteiger partial charge in [0, 0.05) is 49.7 Å². The average Bonchev–Trinajstić information content (AvgIpc) is 3.11. The third-order valence-electron chi connectivity index (χ3n) is 4.94. The van der Waals surface area contributed by atoms with Crippen molar-refractivity contribution in [3.63, 3.8) is 0 Å². The van der Waals surface area contributed by atoms with E-state index in [4.69, 9.17) is 4.74 Å². The van der Waals surface area contributed by atoms with Gasteiger partial charge in [0.15, 0.2) is 0 Å². The number of hydrogen-bond donors (Lipinski definition) is 1. The standard InChI is InChI=1S/C20H28N4O2/c1-15(2)19-21-9-12-24(19)14-16-7-10-23(11-8-16)20(25)22-17-5-4-6-18(13-17)26-3/h4-6,9,12-13,15-16H,7-8,10-11,14H2,1-3H3,(H,22,25). The van der Waals surface area contributed by atoms with E-state index in [1.165, 1.54) is 0 Å². The first-order chi connectivity index (χ1) is 12.6. The average molecular weight is 356 g/mol. The number of methoxy groups -OCH3 is 1. The molecule has 0 saturated carbocycles. The second-order valence-corrected chi connectivity index (χ2v) is 7.19. The molecule has 26 heavy (non-hydrogen) atoms. The Kier molecular flexibility index (Phi) is 5.81. The zero-order valence-electron chi connectivity index (χ0n) is 15.8. The minimum atomic E-state index is -0.0396. The van der Waals surface area contributed by atoms with Crippen LogP contribution in [-0.4, -0.2) is 40.7 Å². The van der Waals surface area contributed by atoms with Crippen molar-refractivity contribution in [1.29, 1.82) is 0 Å². The summed E-state index contributed by atoms with van der Waals surface area (Å²) in [6.07, 6.45) is 5.98. The molecule has 1 aromatic heterocycles. The van der Waals surface area contributed by atoms with E-state index in [-0.39, 0.29) is 6.03 Å². The van der Waals surface area contributed by atoms with Crippen LogP contribution >= 0.6 is 0 Å². The van der Waals surface area contributed by atoms with Crippen LogP contribution in [-0.2, 0) is 6.54 Å². The molecule has 0 spiro atoms. The van der Waals surface area contributed by atoms with E-state index >= 15 is 0 Å². The van der Waals surface area contributed by atoms with Crippen LogP contribution in [0.2, 0.25) is 0 Å². The van der Waals surface area contributed by atoms with E-state index in [1.807, 2.05) is 35.4 Å². The highest BCUT2D eigenvalue weighted by Gasteiger charge is 2.24. The summed E-state index contributed by atoms with van der Waals surface area (Å²) in [5, 5.41) is 2.96. The molecule has 1 saturated heterocycles. The topological polar surface area (TPSA) is 59.4 Å². The lowest BCUT2D eigenvalue weighted by Gasteiger charge is -2.32. The number of likely N-dealkylation sites (tertiary alicyclic amines) is 1. The maximum atomic E-state index is 12.5. The molecule has 0 unspecified atom stereocenters. The predicted octanol–water partition coefficient (Wildman–Crippen LogP) is 3.96. The molecule has 2 aromatic rings. The number of piperidine rings is 1. The number of anilines is 1. The van der Waals surface area contributed by atoms with Crippen molar-refractivity contribution in [2.45, 2.75) is 39.2 Å². The molecule has 1 aliphatic rings. The van der Waals surface area contributed by atoms with Gasteiger partial charge in [0.05, 0.1) is 7.11 Å². The summed E-state index contributed by atoms with van der Waals surface area (Å²) in [6.45, 7) is 6.89. The van der Waals surface area contributed by atoms with Crippen molar-refractivity contribution in [1.82, 2.24) is 14.5 Å². The highest BCUT2D eigenvalue weighted by Crippen LogP contribution is 2.23. The number of benzene rings is 1. The fourth-order valence-electron chi connectivity index (χ4n) is 3.48. The van der Waals surface area contributed by atoms with Crippen LogP contribution in [0.15, 0.2) is 36.7 Å². The summed E-state index contributed by atoms with van der Waals surface area (Å²) in [5.41, 5.74) is 0.761. The van der Waals surface area contributed by atoms with E-state index in [2.05, 4.69) is 34.9 Å². The molecule has 0 aliphatic carbocycles. The number of carbonyl (C=O) groups is 1. The molecule has 2 heterocycles. The van der Waals surface area contributed by atoms with Gasteiger partial charge < -0.3 is 19.5 Å². The smallest absolute Gasteiger partial charge is 0.321 e. The maximum absolute atomic E-state index is 12.5. The Bertz CT molecular complexity index is 733. The molecule has 6 nitrogen and oxygen atoms in total. The fraction of sp³-hybridized carbons (Fsp3) is 0.500. The Labute approximate surface area is 155 Å². The number of hydrogen-bond acceptors (Lipinski definition) is 3. The highest BCUT2D eigenvalue weighted by molar-refractivity contribution is 5.89. The summed E-state index contributed by atoms with van der Waals surface area (Å²) in [4.78, 5) is 18.9. The molecule has 2 amide bonds. The van der Waals surface area contributed by atoms with Crippen molar-refractivity contribution in [3.8, 4) is 5.75 Å². The number of rotatable bonds is 5. The quantitative estimate of drug-likeness (QED) is 0.882. The molecule has 1 aliphatic heterocycles. The largest absolute Gasteiger partial charge is 0.497 e. The summed E-state index contributed by atoms with van der Waals surface area (Å²) >= 11 is 0. The normalized spacial score (nSPS) is 15.3. The van der Waals surface area contributed by atoms with Gasteiger partial charge in [0.2, 0.25) is 0 Å². The number of ether oxygens (including phenoxy) is 1. The molecule has 0 bridgehead atoms. The van der Waals surface area contributed by atoms with Gasteiger partial charge in [0.25, 0.3) is 0 Å². The number of amides is 2. The Balaban J connectivity index is 1.51. The molecule has 140 valence electrons. The van der Waals surface area contributed by atoms with Gasteiger partial charge in [-0.3, -0.25) is 0 Å². The first kappa shape index (κ1) is 18.3. The van der Waals surface area contributed by atoms with Gasteiger partial charge in [-0.25, -0.2) is 9.78 Å². The Hall–Kier alpha value is -2.50. The second-order valence-electron chi connectivity index (χ2n) is 7.19. The maximum Gasteiger partial charge on any atom is 0.321 e. The van der Waals surface area contributed by atoms with Crippen LogP contribution < -0.4 is 10.1 Å². The molecule has 1 aromatic carbocycles. The number of nitrogens with one attached hydrogen (secondary N) is 1. The highest BCUT2D eigenvalue weighted by atomic mass is 16.5. The fourth-order valence-corrected chi connectivity index (χ4v) is 3.48. The van der Waals surface area contributed by atoms with Crippen molar-refractivity contribution in [2.24, 2.45) is 5.92 Å². The first-order valence-electron chi connectivity index (χ1n) is 9.28. The third-order valence-corrected chi connectivity index (χ3v) is 4.94. The lowest BCUT2D eigenvalue weighted by Crippen LogP contribution is -2.41. The number of nitrogens with zero attached hydrogens (tertiary/aromatic N) is 3. The third kappa shape index (κ3) is 4.36. The number of carbonyl (C=O) groups excluding carboxylic acids is 1. The van der Waals surface area contributed by atoms with Crippen LogP contribution in [0.25, 0.3) is 0 Å². The van der Waals surface area contributed by atoms with Gasteiger partial charge in [0.1, 0.15) is 11.6 Å². The SMILES string of the molecule is COc1cccc(NC(=O)N2CCC(Cn3ccnc3C(C)C)CC2)c1. The van der Waals surface area contributed by atoms with Crippen LogP contribution in [0.5, 0.6) is 5.75 Å². The van der Waals surface area contributed by atoms with Crippen molar-refractivity contribution < 1.29 is 9.53 Å². The van der Waals surface area contributed by atoms with Crippen LogP contribution in [0.4, 0.5) is 10.5 Å². The molecular formula is C20H28N4O2. The van der Waals surface area contributed by atoms with Crippen molar-refractivity contribution >= 4 is 11.7 Å². The zero-order chi connectivity index (χ0) is 18.5. The minimum Gasteiger partial charge on any atom is -0.497 e. The second kappa shape index (κ2) is 8.25. The van der Waals surface area contributed by atoms with Gasteiger partial charge in [-0.1, -0.05) is 19.9 Å². The minimum absolute atomic E-state index is 0.0396.